The van der Waals surface area contributed by atoms with Gasteiger partial charge in [0.05, 0.1) is 0 Å². The SMILES string of the molecule is C=Cc1ccccc1.C=Cc1ccccc1.C=Cc1ccccc1.O=[P+](I)c1ccccc1. The van der Waals surface area contributed by atoms with Crippen molar-refractivity contribution in [2.75, 3.05) is 0 Å². The standard InChI is InChI=1S/3C8H8.C6H5IOP/c3*1-2-8-6-4-3-5-7-8;7-9(8)6-4-2-1-3-5-6/h3*2-7H,1H2;1-5H/q;;;+1. The molecule has 0 saturated carbocycles. The van der Waals surface area contributed by atoms with Gasteiger partial charge in [0, 0.05) is 0 Å². The molecule has 0 aromatic heterocycles. The van der Waals surface area contributed by atoms with Crippen molar-refractivity contribution < 1.29 is 4.57 Å². The topological polar surface area (TPSA) is 17.1 Å². The normalized spacial score (nSPS) is 9.18. The molecular weight excluding hydrogens is 534 g/mol. The van der Waals surface area contributed by atoms with Crippen LogP contribution in [0.2, 0.25) is 0 Å². The summed E-state index contributed by atoms with van der Waals surface area (Å²) in [5, 5.41) is 0.910. The van der Waals surface area contributed by atoms with Crippen molar-refractivity contribution in [3.63, 3.8) is 0 Å². The minimum atomic E-state index is -1.18. The second-order valence-corrected chi connectivity index (χ2v) is 10.1. The summed E-state index contributed by atoms with van der Waals surface area (Å²) in [6.45, 7) is 10.9. The van der Waals surface area contributed by atoms with Gasteiger partial charge in [-0.1, -0.05) is 152 Å². The van der Waals surface area contributed by atoms with E-state index in [0.29, 0.717) is 0 Å². The fourth-order valence-electron chi connectivity index (χ4n) is 2.31. The highest BCUT2D eigenvalue weighted by atomic mass is 127. The zero-order valence-corrected chi connectivity index (χ0v) is 21.7. The molecule has 1 unspecified atom stereocenters. The van der Waals surface area contributed by atoms with E-state index in [1.54, 1.807) is 0 Å². The monoisotopic (exact) mass is 563 g/mol. The average molecular weight is 563 g/mol. The fourth-order valence-corrected chi connectivity index (χ4v) is 3.68. The molecule has 0 aliphatic rings. The summed E-state index contributed by atoms with van der Waals surface area (Å²) in [6.07, 6.45) is 5.50. The van der Waals surface area contributed by atoms with Crippen molar-refractivity contribution in [3.05, 3.63) is 158 Å². The zero-order valence-electron chi connectivity index (χ0n) is 18.6. The molecule has 1 nitrogen and oxygen atoms in total. The molecule has 0 bridgehead atoms. The van der Waals surface area contributed by atoms with Gasteiger partial charge in [-0.05, 0) is 28.8 Å². The third-order valence-electron chi connectivity index (χ3n) is 4.07. The Hall–Kier alpha value is -3.07. The van der Waals surface area contributed by atoms with Crippen molar-refractivity contribution in [2.45, 2.75) is 0 Å². The van der Waals surface area contributed by atoms with Crippen molar-refractivity contribution in [2.24, 2.45) is 0 Å². The van der Waals surface area contributed by atoms with Gasteiger partial charge in [-0.2, -0.15) is 0 Å². The molecule has 4 aromatic carbocycles. The predicted octanol–water partition coefficient (Wildman–Crippen LogP) is 9.48. The molecule has 4 aromatic rings. The predicted molar refractivity (Wildman–Crippen MR) is 157 cm³/mol. The maximum atomic E-state index is 10.8. The van der Waals surface area contributed by atoms with Crippen LogP contribution in [-0.4, -0.2) is 0 Å². The molecule has 3 heteroatoms. The fraction of sp³-hybridized carbons (Fsp3) is 0. The first-order chi connectivity index (χ1) is 16.1. The molecule has 0 radical (unpaired) electrons. The number of rotatable bonds is 4. The van der Waals surface area contributed by atoms with Gasteiger partial charge in [-0.3, -0.25) is 0 Å². The van der Waals surface area contributed by atoms with E-state index in [0.717, 1.165) is 5.30 Å². The Morgan fingerprint density at radius 1 is 0.485 bits per heavy atom. The van der Waals surface area contributed by atoms with E-state index in [-0.39, 0.29) is 0 Å². The number of hydrogen-bond donors (Lipinski definition) is 0. The smallest absolute Gasteiger partial charge is 0.0985 e. The van der Waals surface area contributed by atoms with Gasteiger partial charge in [-0.15, -0.1) is 0 Å². The molecule has 33 heavy (non-hydrogen) atoms. The largest absolute Gasteiger partial charge is 0.443 e. The first-order valence-electron chi connectivity index (χ1n) is 10.3. The van der Waals surface area contributed by atoms with Crippen LogP contribution in [0.5, 0.6) is 0 Å². The molecule has 0 fully saturated rings. The molecule has 0 heterocycles. The van der Waals surface area contributed by atoms with Gasteiger partial charge in [-0.25, -0.2) is 0 Å². The first-order valence-corrected chi connectivity index (χ1v) is 14.4. The summed E-state index contributed by atoms with van der Waals surface area (Å²) in [5.74, 6) is 0. The van der Waals surface area contributed by atoms with Crippen molar-refractivity contribution in [3.8, 4) is 0 Å². The Labute approximate surface area is 212 Å². The maximum Gasteiger partial charge on any atom is 0.443 e. The average Bonchev–Trinajstić information content (AvgIpc) is 2.91. The Morgan fingerprint density at radius 3 is 0.879 bits per heavy atom. The maximum absolute atomic E-state index is 10.8. The Bertz CT molecular complexity index is 960. The van der Waals surface area contributed by atoms with Crippen LogP contribution in [0, 0.1) is 0 Å². The highest BCUT2D eigenvalue weighted by Gasteiger charge is 2.12. The Kier molecular flexibility index (Phi) is 15.7. The van der Waals surface area contributed by atoms with Crippen LogP contribution >= 0.6 is 27.5 Å². The van der Waals surface area contributed by atoms with E-state index < -0.39 is 5.44 Å². The van der Waals surface area contributed by atoms with Crippen molar-refractivity contribution in [1.29, 1.82) is 0 Å². The minimum Gasteiger partial charge on any atom is -0.0985 e. The van der Waals surface area contributed by atoms with Crippen LogP contribution < -0.4 is 5.30 Å². The lowest BCUT2D eigenvalue weighted by Gasteiger charge is -1.85. The summed E-state index contributed by atoms with van der Waals surface area (Å²) >= 11 is 1.92. The summed E-state index contributed by atoms with van der Waals surface area (Å²) in [4.78, 5) is 0. The van der Waals surface area contributed by atoms with E-state index in [1.807, 2.05) is 162 Å². The molecule has 0 aliphatic heterocycles. The number of benzene rings is 4. The van der Waals surface area contributed by atoms with Crippen LogP contribution in [0.25, 0.3) is 18.2 Å². The Balaban J connectivity index is 0.000000220. The molecule has 0 saturated heterocycles. The summed E-state index contributed by atoms with van der Waals surface area (Å²) in [6, 6.07) is 39.5. The molecule has 1 atom stereocenters. The van der Waals surface area contributed by atoms with E-state index in [1.165, 1.54) is 16.7 Å². The van der Waals surface area contributed by atoms with Crippen LogP contribution in [0.15, 0.2) is 141 Å². The lowest BCUT2D eigenvalue weighted by molar-refractivity contribution is 0.602. The van der Waals surface area contributed by atoms with Crippen LogP contribution in [0.1, 0.15) is 16.7 Å². The third kappa shape index (κ3) is 13.8. The third-order valence-corrected chi connectivity index (χ3v) is 6.44. The minimum absolute atomic E-state index is 0.910. The van der Waals surface area contributed by atoms with E-state index in [2.05, 4.69) is 19.7 Å². The number of halogens is 1. The summed E-state index contributed by atoms with van der Waals surface area (Å²) in [7, 11) is 0. The van der Waals surface area contributed by atoms with Crippen molar-refractivity contribution in [1.82, 2.24) is 0 Å². The van der Waals surface area contributed by atoms with E-state index in [9.17, 15) is 4.57 Å². The molecular formula is C30H29IOP+. The van der Waals surface area contributed by atoms with Gasteiger partial charge in [0.2, 0.25) is 0 Å². The lowest BCUT2D eigenvalue weighted by atomic mass is 10.2. The highest BCUT2D eigenvalue weighted by molar-refractivity contribution is 14.2. The molecule has 0 N–H and O–H groups in total. The van der Waals surface area contributed by atoms with Crippen LogP contribution in [0.4, 0.5) is 0 Å². The molecule has 4 rings (SSSR count). The second kappa shape index (κ2) is 18.5. The van der Waals surface area contributed by atoms with Gasteiger partial charge in [0.15, 0.2) is 5.30 Å². The van der Waals surface area contributed by atoms with Crippen LogP contribution in [-0.2, 0) is 4.57 Å². The first kappa shape index (κ1) is 28.0. The van der Waals surface area contributed by atoms with Gasteiger partial charge >= 0.3 is 5.44 Å². The lowest BCUT2D eigenvalue weighted by Crippen LogP contribution is -1.88. The molecule has 0 spiro atoms. The molecule has 166 valence electrons. The Morgan fingerprint density at radius 2 is 0.727 bits per heavy atom. The zero-order chi connectivity index (χ0) is 24.2. The van der Waals surface area contributed by atoms with Gasteiger partial charge < -0.3 is 0 Å². The van der Waals surface area contributed by atoms with E-state index >= 15 is 0 Å². The molecule has 0 amide bonds. The van der Waals surface area contributed by atoms with Crippen LogP contribution in [0.3, 0.4) is 0 Å². The summed E-state index contributed by atoms with van der Waals surface area (Å²) in [5.41, 5.74) is 2.35. The number of hydrogen-bond acceptors (Lipinski definition) is 1. The van der Waals surface area contributed by atoms with Crippen molar-refractivity contribution >= 4 is 51.0 Å². The van der Waals surface area contributed by atoms with Gasteiger partial charge in [0.1, 0.15) is 0 Å². The highest BCUT2D eigenvalue weighted by Crippen LogP contribution is 2.28. The van der Waals surface area contributed by atoms with E-state index in [4.69, 9.17) is 0 Å². The second-order valence-electron chi connectivity index (χ2n) is 6.42. The van der Waals surface area contributed by atoms with Gasteiger partial charge in [0.25, 0.3) is 22.0 Å². The quantitative estimate of drug-likeness (QED) is 0.179. The molecule has 0 aliphatic carbocycles. The summed E-state index contributed by atoms with van der Waals surface area (Å²) < 4.78 is 10.8.